The average molecular weight is 242 g/mol. The van der Waals surface area contributed by atoms with Crippen LogP contribution in [0, 0.1) is 0 Å². The van der Waals surface area contributed by atoms with Crippen LogP contribution in [0.3, 0.4) is 0 Å². The first-order chi connectivity index (χ1) is 7.22. The number of halogens is 1. The van der Waals surface area contributed by atoms with Crippen LogP contribution in [0.2, 0.25) is 0 Å². The minimum absolute atomic E-state index is 0. The first-order valence-corrected chi connectivity index (χ1v) is 4.76. The standard InChI is InChI=1S/C6H11N2.C4H5N3.ClH/c1-3-8-5-4-7(2)6-8;5-4-6-2-1-3-7-4;/h4-6H,3H2,1-2H3;1-3H,(H2,5,6,7);1H/q+1;;/p-1. The summed E-state index contributed by atoms with van der Waals surface area (Å²) < 4.78 is 4.16. The van der Waals surface area contributed by atoms with Gasteiger partial charge in [-0.15, -0.1) is 0 Å². The van der Waals surface area contributed by atoms with Gasteiger partial charge in [0.1, 0.15) is 12.4 Å². The summed E-state index contributed by atoms with van der Waals surface area (Å²) in [5, 5.41) is 0. The predicted octanol–water partition coefficient (Wildman–Crippen LogP) is -2.60. The zero-order chi connectivity index (χ0) is 11.1. The molecular weight excluding hydrogens is 226 g/mol. The third-order valence-corrected chi connectivity index (χ3v) is 1.77. The number of anilines is 1. The van der Waals surface area contributed by atoms with E-state index in [9.17, 15) is 0 Å². The van der Waals surface area contributed by atoms with Gasteiger partial charge in [-0.25, -0.2) is 19.1 Å². The summed E-state index contributed by atoms with van der Waals surface area (Å²) in [4.78, 5) is 7.29. The van der Waals surface area contributed by atoms with Crippen LogP contribution in [-0.4, -0.2) is 14.5 Å². The molecule has 0 aliphatic carbocycles. The lowest BCUT2D eigenvalue weighted by molar-refractivity contribution is -0.671. The Balaban J connectivity index is 0.000000267. The number of nitrogens with two attached hydrogens (primary N) is 1. The third-order valence-electron chi connectivity index (χ3n) is 1.77. The predicted molar refractivity (Wildman–Crippen MR) is 57.7 cm³/mol. The minimum Gasteiger partial charge on any atom is -1.00 e. The van der Waals surface area contributed by atoms with E-state index in [2.05, 4.69) is 34.0 Å². The lowest BCUT2D eigenvalue weighted by atomic mass is 10.7. The summed E-state index contributed by atoms with van der Waals surface area (Å²) in [5.41, 5.74) is 5.14. The van der Waals surface area contributed by atoms with Crippen molar-refractivity contribution in [1.82, 2.24) is 14.5 Å². The van der Waals surface area contributed by atoms with Crippen LogP contribution in [-0.2, 0) is 13.6 Å². The van der Waals surface area contributed by atoms with E-state index >= 15 is 0 Å². The second-order valence-corrected chi connectivity index (χ2v) is 3.02. The molecule has 6 heteroatoms. The number of hydrogen-bond donors (Lipinski definition) is 1. The van der Waals surface area contributed by atoms with E-state index in [1.807, 2.05) is 17.8 Å². The zero-order valence-corrected chi connectivity index (χ0v) is 10.2. The van der Waals surface area contributed by atoms with Crippen molar-refractivity contribution in [3.05, 3.63) is 37.2 Å². The molecule has 0 unspecified atom stereocenters. The maximum atomic E-state index is 5.14. The van der Waals surface area contributed by atoms with Crippen molar-refractivity contribution in [2.24, 2.45) is 7.05 Å². The largest absolute Gasteiger partial charge is 1.00 e. The number of nitrogens with zero attached hydrogens (tertiary/aromatic N) is 4. The van der Waals surface area contributed by atoms with Crippen LogP contribution >= 0.6 is 0 Å². The number of hydrogen-bond acceptors (Lipinski definition) is 3. The van der Waals surface area contributed by atoms with E-state index < -0.39 is 0 Å². The third kappa shape index (κ3) is 5.31. The molecule has 0 aromatic carbocycles. The fraction of sp³-hybridized carbons (Fsp3) is 0.300. The number of imidazole rings is 1. The summed E-state index contributed by atoms with van der Waals surface area (Å²) in [6, 6.07) is 1.72. The monoisotopic (exact) mass is 241 g/mol. The molecule has 0 aliphatic rings. The molecule has 5 nitrogen and oxygen atoms in total. The topological polar surface area (TPSA) is 60.6 Å². The van der Waals surface area contributed by atoms with E-state index in [4.69, 9.17) is 5.73 Å². The Morgan fingerprint density at radius 1 is 1.38 bits per heavy atom. The normalized spacial score (nSPS) is 8.62. The average Bonchev–Trinajstić information content (AvgIpc) is 2.66. The number of aromatic nitrogens is 4. The van der Waals surface area contributed by atoms with Gasteiger partial charge in [0.15, 0.2) is 0 Å². The van der Waals surface area contributed by atoms with Gasteiger partial charge in [-0.3, -0.25) is 0 Å². The number of aryl methyl sites for hydroxylation is 2. The molecule has 0 radical (unpaired) electrons. The molecule has 0 amide bonds. The highest BCUT2D eigenvalue weighted by Gasteiger charge is 1.92. The van der Waals surface area contributed by atoms with Crippen LogP contribution in [0.1, 0.15) is 6.92 Å². The Bertz CT molecular complexity index is 387. The van der Waals surface area contributed by atoms with Crippen molar-refractivity contribution in [1.29, 1.82) is 0 Å². The Hall–Kier alpha value is -1.62. The zero-order valence-electron chi connectivity index (χ0n) is 9.42. The minimum atomic E-state index is 0. The van der Waals surface area contributed by atoms with Crippen LogP contribution < -0.4 is 22.7 Å². The molecule has 0 atom stereocenters. The second kappa shape index (κ2) is 7.64. The van der Waals surface area contributed by atoms with E-state index in [0.29, 0.717) is 5.95 Å². The van der Waals surface area contributed by atoms with Crippen molar-refractivity contribution >= 4 is 5.95 Å². The first-order valence-electron chi connectivity index (χ1n) is 4.76. The summed E-state index contributed by atoms with van der Waals surface area (Å²) in [5.74, 6) is 0.322. The molecule has 0 saturated carbocycles. The number of rotatable bonds is 1. The van der Waals surface area contributed by atoms with Crippen molar-refractivity contribution in [3.63, 3.8) is 0 Å². The Kier molecular flexibility index (Phi) is 6.87. The summed E-state index contributed by atoms with van der Waals surface area (Å²) >= 11 is 0. The molecule has 0 saturated heterocycles. The Labute approximate surface area is 101 Å². The fourth-order valence-corrected chi connectivity index (χ4v) is 0.999. The van der Waals surface area contributed by atoms with Crippen molar-refractivity contribution in [2.75, 3.05) is 5.73 Å². The Morgan fingerprint density at radius 2 is 2.00 bits per heavy atom. The van der Waals surface area contributed by atoms with Crippen LogP contribution in [0.15, 0.2) is 37.2 Å². The highest BCUT2D eigenvalue weighted by molar-refractivity contribution is 5.11. The van der Waals surface area contributed by atoms with Gasteiger partial charge < -0.3 is 18.1 Å². The second-order valence-electron chi connectivity index (χ2n) is 3.02. The van der Waals surface area contributed by atoms with Crippen LogP contribution in [0.4, 0.5) is 5.95 Å². The van der Waals surface area contributed by atoms with E-state index in [1.54, 1.807) is 18.5 Å². The van der Waals surface area contributed by atoms with Crippen LogP contribution in [0.5, 0.6) is 0 Å². The molecule has 88 valence electrons. The maximum Gasteiger partial charge on any atom is 0.243 e. The summed E-state index contributed by atoms with van der Waals surface area (Å²) in [6.07, 6.45) is 9.34. The van der Waals surface area contributed by atoms with Gasteiger partial charge in [0.2, 0.25) is 12.3 Å². The molecule has 16 heavy (non-hydrogen) atoms. The molecule has 0 aliphatic heterocycles. The fourth-order valence-electron chi connectivity index (χ4n) is 0.999. The van der Waals surface area contributed by atoms with Gasteiger partial charge in [-0.05, 0) is 13.0 Å². The molecular formula is C10H16ClN5. The molecule has 0 bridgehead atoms. The first kappa shape index (κ1) is 14.4. The Morgan fingerprint density at radius 3 is 2.25 bits per heavy atom. The van der Waals surface area contributed by atoms with Crippen molar-refractivity contribution in [3.8, 4) is 0 Å². The van der Waals surface area contributed by atoms with Gasteiger partial charge in [0, 0.05) is 12.4 Å². The van der Waals surface area contributed by atoms with Gasteiger partial charge in [-0.2, -0.15) is 0 Å². The molecule has 0 fully saturated rings. The highest BCUT2D eigenvalue weighted by Crippen LogP contribution is 1.81. The molecule has 2 aromatic heterocycles. The maximum absolute atomic E-state index is 5.14. The quantitative estimate of drug-likeness (QED) is 0.557. The number of nitrogen functional groups attached to an aromatic ring is 1. The molecule has 2 aromatic rings. The molecule has 2 rings (SSSR count). The van der Waals surface area contributed by atoms with Gasteiger partial charge >= 0.3 is 0 Å². The lowest BCUT2D eigenvalue weighted by Crippen LogP contribution is -3.00. The molecule has 2 heterocycles. The lowest BCUT2D eigenvalue weighted by Gasteiger charge is -1.82. The highest BCUT2D eigenvalue weighted by atomic mass is 35.5. The van der Waals surface area contributed by atoms with E-state index in [0.717, 1.165) is 6.54 Å². The van der Waals surface area contributed by atoms with Gasteiger partial charge in [0.05, 0.1) is 13.6 Å². The van der Waals surface area contributed by atoms with E-state index in [-0.39, 0.29) is 12.4 Å². The van der Waals surface area contributed by atoms with Gasteiger partial charge in [-0.1, -0.05) is 0 Å². The summed E-state index contributed by atoms with van der Waals surface area (Å²) in [6.45, 7) is 3.18. The van der Waals surface area contributed by atoms with E-state index in [1.165, 1.54) is 0 Å². The van der Waals surface area contributed by atoms with Crippen molar-refractivity contribution in [2.45, 2.75) is 13.5 Å². The van der Waals surface area contributed by atoms with Crippen molar-refractivity contribution < 1.29 is 17.0 Å². The van der Waals surface area contributed by atoms with Gasteiger partial charge in [0.25, 0.3) is 0 Å². The van der Waals surface area contributed by atoms with Crippen LogP contribution in [0.25, 0.3) is 0 Å². The summed E-state index contributed by atoms with van der Waals surface area (Å²) in [7, 11) is 2.02. The molecule has 2 N–H and O–H groups in total. The molecule has 0 spiro atoms. The SMILES string of the molecule is CCn1cc[n+](C)c1.Nc1ncccn1.[Cl-]. The smallest absolute Gasteiger partial charge is 0.243 e.